The minimum Gasteiger partial charge on any atom is -0.393 e. The van der Waals surface area contributed by atoms with Crippen molar-refractivity contribution in [2.75, 3.05) is 11.4 Å². The molecule has 14 heavy (non-hydrogen) atoms. The summed E-state index contributed by atoms with van der Waals surface area (Å²) in [7, 11) is 0. The van der Waals surface area contributed by atoms with Crippen molar-refractivity contribution in [2.45, 2.75) is 31.4 Å². The molecule has 74 valence electrons. The molecule has 2 aliphatic rings. The fraction of sp³-hybridized carbons (Fsp3) is 0.545. The fourth-order valence-corrected chi connectivity index (χ4v) is 2.51. The number of nitrogens with zero attached hydrogens (tertiary/aromatic N) is 2. The van der Waals surface area contributed by atoms with Gasteiger partial charge in [-0.2, -0.15) is 0 Å². The second-order valence-electron chi connectivity index (χ2n) is 4.23. The molecular weight excluding hydrogens is 176 g/mol. The Bertz CT molecular complexity index is 353. The number of hydrogen-bond donors (Lipinski definition) is 1. The Morgan fingerprint density at radius 3 is 3.21 bits per heavy atom. The molecular formula is C11H14N2O. The third-order valence-corrected chi connectivity index (χ3v) is 3.33. The molecule has 3 nitrogen and oxygen atoms in total. The van der Waals surface area contributed by atoms with E-state index >= 15 is 0 Å². The van der Waals surface area contributed by atoms with E-state index < -0.39 is 0 Å². The van der Waals surface area contributed by atoms with E-state index in [1.54, 1.807) is 0 Å². The molecule has 0 spiro atoms. The lowest BCUT2D eigenvalue weighted by Crippen LogP contribution is -2.48. The van der Waals surface area contributed by atoms with E-state index in [1.165, 1.54) is 17.7 Å². The van der Waals surface area contributed by atoms with Gasteiger partial charge in [-0.05, 0) is 24.5 Å². The number of pyridine rings is 1. The minimum atomic E-state index is -0.187. The van der Waals surface area contributed by atoms with E-state index in [0.717, 1.165) is 19.4 Å². The van der Waals surface area contributed by atoms with Crippen LogP contribution in [0.5, 0.6) is 0 Å². The van der Waals surface area contributed by atoms with Crippen molar-refractivity contribution in [3.63, 3.8) is 0 Å². The largest absolute Gasteiger partial charge is 0.393 e. The van der Waals surface area contributed by atoms with Crippen molar-refractivity contribution in [3.05, 3.63) is 24.0 Å². The highest BCUT2D eigenvalue weighted by Crippen LogP contribution is 2.35. The normalized spacial score (nSPS) is 29.9. The number of fused-ring (bicyclic) bond motifs is 3. The van der Waals surface area contributed by atoms with Crippen molar-refractivity contribution in [1.29, 1.82) is 0 Å². The van der Waals surface area contributed by atoms with Gasteiger partial charge in [0.05, 0.1) is 6.10 Å². The number of anilines is 1. The zero-order valence-corrected chi connectivity index (χ0v) is 8.06. The van der Waals surface area contributed by atoms with Crippen LogP contribution in [0, 0.1) is 0 Å². The summed E-state index contributed by atoms with van der Waals surface area (Å²) < 4.78 is 0. The highest BCUT2D eigenvalue weighted by molar-refractivity contribution is 5.56. The Labute approximate surface area is 83.4 Å². The van der Waals surface area contributed by atoms with Gasteiger partial charge in [0.2, 0.25) is 0 Å². The van der Waals surface area contributed by atoms with E-state index in [0.29, 0.717) is 6.04 Å². The van der Waals surface area contributed by atoms with Crippen LogP contribution in [-0.2, 0) is 6.42 Å². The summed E-state index contributed by atoms with van der Waals surface area (Å²) in [5.74, 6) is 0. The molecule has 2 atom stereocenters. The first-order valence-electron chi connectivity index (χ1n) is 5.22. The van der Waals surface area contributed by atoms with Gasteiger partial charge < -0.3 is 10.0 Å². The first-order chi connectivity index (χ1) is 6.84. The molecule has 0 aromatic carbocycles. The molecule has 3 rings (SSSR count). The van der Waals surface area contributed by atoms with Crippen molar-refractivity contribution >= 4 is 5.69 Å². The molecule has 2 aliphatic heterocycles. The summed E-state index contributed by atoms with van der Waals surface area (Å²) >= 11 is 0. The van der Waals surface area contributed by atoms with Gasteiger partial charge in [0, 0.05) is 37.1 Å². The molecule has 0 radical (unpaired) electrons. The summed E-state index contributed by atoms with van der Waals surface area (Å²) in [5, 5.41) is 9.80. The Morgan fingerprint density at radius 1 is 1.50 bits per heavy atom. The topological polar surface area (TPSA) is 36.4 Å². The first kappa shape index (κ1) is 8.24. The second-order valence-corrected chi connectivity index (χ2v) is 4.23. The molecule has 1 N–H and O–H groups in total. The van der Waals surface area contributed by atoms with Gasteiger partial charge in [-0.15, -0.1) is 0 Å². The summed E-state index contributed by atoms with van der Waals surface area (Å²) in [6.07, 6.45) is 6.43. The van der Waals surface area contributed by atoms with E-state index in [1.807, 2.05) is 12.4 Å². The van der Waals surface area contributed by atoms with Crippen molar-refractivity contribution < 1.29 is 5.11 Å². The van der Waals surface area contributed by atoms with E-state index in [-0.39, 0.29) is 6.10 Å². The molecule has 1 saturated heterocycles. The van der Waals surface area contributed by atoms with Crippen LogP contribution in [0.25, 0.3) is 0 Å². The lowest BCUT2D eigenvalue weighted by atomic mass is 9.98. The SMILES string of the molecule is OC1Cc2cnccc2N2CCC2C1. The van der Waals surface area contributed by atoms with Crippen LogP contribution < -0.4 is 4.90 Å². The number of aliphatic hydroxyl groups is 1. The van der Waals surface area contributed by atoms with Crippen LogP contribution in [0.4, 0.5) is 5.69 Å². The summed E-state index contributed by atoms with van der Waals surface area (Å²) in [5.41, 5.74) is 2.48. The maximum Gasteiger partial charge on any atom is 0.0601 e. The molecule has 1 fully saturated rings. The molecule has 2 unspecified atom stereocenters. The summed E-state index contributed by atoms with van der Waals surface area (Å²) in [6, 6.07) is 2.63. The van der Waals surface area contributed by atoms with Crippen LogP contribution >= 0.6 is 0 Å². The zero-order chi connectivity index (χ0) is 9.54. The van der Waals surface area contributed by atoms with Crippen molar-refractivity contribution in [1.82, 2.24) is 4.98 Å². The lowest BCUT2D eigenvalue weighted by Gasteiger charge is -2.42. The highest BCUT2D eigenvalue weighted by Gasteiger charge is 2.34. The number of hydrogen-bond acceptors (Lipinski definition) is 3. The summed E-state index contributed by atoms with van der Waals surface area (Å²) in [4.78, 5) is 6.52. The monoisotopic (exact) mass is 190 g/mol. The Morgan fingerprint density at radius 2 is 2.43 bits per heavy atom. The van der Waals surface area contributed by atoms with Gasteiger partial charge in [0.25, 0.3) is 0 Å². The number of aromatic nitrogens is 1. The van der Waals surface area contributed by atoms with E-state index in [9.17, 15) is 5.11 Å². The van der Waals surface area contributed by atoms with E-state index in [4.69, 9.17) is 0 Å². The lowest BCUT2D eigenvalue weighted by molar-refractivity contribution is 0.149. The van der Waals surface area contributed by atoms with Gasteiger partial charge in [-0.25, -0.2) is 0 Å². The van der Waals surface area contributed by atoms with Crippen LogP contribution in [0.3, 0.4) is 0 Å². The van der Waals surface area contributed by atoms with Gasteiger partial charge in [0.15, 0.2) is 0 Å². The molecule has 0 bridgehead atoms. The average Bonchev–Trinajstić information content (AvgIpc) is 2.23. The highest BCUT2D eigenvalue weighted by atomic mass is 16.3. The molecule has 1 aromatic rings. The molecule has 1 aromatic heterocycles. The predicted molar refractivity (Wildman–Crippen MR) is 54.3 cm³/mol. The van der Waals surface area contributed by atoms with E-state index in [2.05, 4.69) is 16.0 Å². The van der Waals surface area contributed by atoms with Crippen LogP contribution in [0.2, 0.25) is 0 Å². The van der Waals surface area contributed by atoms with Gasteiger partial charge in [0.1, 0.15) is 0 Å². The molecule has 0 saturated carbocycles. The van der Waals surface area contributed by atoms with Crippen LogP contribution in [0.1, 0.15) is 18.4 Å². The first-order valence-corrected chi connectivity index (χ1v) is 5.22. The molecule has 0 aliphatic carbocycles. The van der Waals surface area contributed by atoms with Crippen molar-refractivity contribution in [3.8, 4) is 0 Å². The van der Waals surface area contributed by atoms with Crippen LogP contribution in [0.15, 0.2) is 18.5 Å². The Kier molecular flexibility index (Phi) is 1.74. The molecule has 3 heterocycles. The minimum absolute atomic E-state index is 0.187. The maximum absolute atomic E-state index is 9.80. The standard InChI is InChI=1S/C11H14N2O/c14-10-5-8-7-12-3-1-11(8)13-4-2-9(13)6-10/h1,3,7,9-10,14H,2,4-6H2. The summed E-state index contributed by atoms with van der Waals surface area (Å²) in [6.45, 7) is 1.13. The van der Waals surface area contributed by atoms with Gasteiger partial charge in [-0.1, -0.05) is 0 Å². The Balaban J connectivity index is 2.04. The van der Waals surface area contributed by atoms with Crippen LogP contribution in [-0.4, -0.2) is 28.8 Å². The predicted octanol–water partition coefficient (Wildman–Crippen LogP) is 0.967. The quantitative estimate of drug-likeness (QED) is 0.662. The number of aliphatic hydroxyl groups excluding tert-OH is 1. The average molecular weight is 190 g/mol. The number of rotatable bonds is 0. The van der Waals surface area contributed by atoms with Crippen molar-refractivity contribution in [2.24, 2.45) is 0 Å². The fourth-order valence-electron chi connectivity index (χ4n) is 2.51. The second kappa shape index (κ2) is 2.95. The molecule has 3 heteroatoms. The molecule has 0 amide bonds. The van der Waals surface area contributed by atoms with Gasteiger partial charge >= 0.3 is 0 Å². The third-order valence-electron chi connectivity index (χ3n) is 3.33. The Hall–Kier alpha value is -1.09. The maximum atomic E-state index is 9.80. The zero-order valence-electron chi connectivity index (χ0n) is 8.06. The smallest absolute Gasteiger partial charge is 0.0601 e. The third kappa shape index (κ3) is 1.12. The van der Waals surface area contributed by atoms with Gasteiger partial charge in [-0.3, -0.25) is 4.98 Å².